The highest BCUT2D eigenvalue weighted by molar-refractivity contribution is 6.31. The summed E-state index contributed by atoms with van der Waals surface area (Å²) in [6.07, 6.45) is 0.679. The number of aldehydes is 1. The van der Waals surface area contributed by atoms with E-state index in [1.165, 1.54) is 24.3 Å². The number of amides is 1. The number of nitrogens with one attached hydrogen (secondary N) is 1. The number of hydrogen-bond acceptors (Lipinski definition) is 4. The molecule has 0 fully saturated rings. The minimum absolute atomic E-state index is 0.271. The van der Waals surface area contributed by atoms with E-state index in [-0.39, 0.29) is 11.6 Å². The van der Waals surface area contributed by atoms with E-state index in [0.717, 1.165) is 5.56 Å². The third kappa shape index (κ3) is 4.67. The van der Waals surface area contributed by atoms with Crippen molar-refractivity contribution in [2.45, 2.75) is 13.0 Å². The number of halogens is 1. The monoisotopic (exact) mass is 345 g/mol. The highest BCUT2D eigenvalue weighted by Gasteiger charge is 2.14. The quantitative estimate of drug-likeness (QED) is 0.644. The summed E-state index contributed by atoms with van der Waals surface area (Å²) in [7, 11) is 0. The molecule has 5 nitrogen and oxygen atoms in total. The summed E-state index contributed by atoms with van der Waals surface area (Å²) < 4.78 is 4.96. The standard InChI is InChI=1S/C18H16ClNO4/c1-12(15-4-2-3-5-16(15)19)20-17(22)11-24-18(23)14-8-6-13(10-21)7-9-14/h2-10,12H,11H2,1H3,(H,20,22)/t12-/m1/s1. The van der Waals surface area contributed by atoms with Crippen LogP contribution in [-0.4, -0.2) is 24.8 Å². The molecular weight excluding hydrogens is 330 g/mol. The van der Waals surface area contributed by atoms with Gasteiger partial charge in [0.2, 0.25) is 0 Å². The van der Waals surface area contributed by atoms with Crippen molar-refractivity contribution in [1.82, 2.24) is 5.32 Å². The Bertz CT molecular complexity index is 743. The summed E-state index contributed by atoms with van der Waals surface area (Å²) >= 11 is 6.07. The zero-order chi connectivity index (χ0) is 17.5. The van der Waals surface area contributed by atoms with Gasteiger partial charge in [-0.3, -0.25) is 9.59 Å². The van der Waals surface area contributed by atoms with Crippen LogP contribution in [0.15, 0.2) is 48.5 Å². The number of benzene rings is 2. The molecule has 0 aliphatic heterocycles. The molecule has 1 atom stereocenters. The smallest absolute Gasteiger partial charge is 0.338 e. The lowest BCUT2D eigenvalue weighted by atomic mass is 10.1. The van der Waals surface area contributed by atoms with E-state index < -0.39 is 18.5 Å². The van der Waals surface area contributed by atoms with Crippen molar-refractivity contribution >= 4 is 29.8 Å². The predicted octanol–water partition coefficient (Wildman–Crippen LogP) is 3.19. The van der Waals surface area contributed by atoms with Gasteiger partial charge in [0.1, 0.15) is 6.29 Å². The maximum Gasteiger partial charge on any atom is 0.338 e. The number of carbonyl (C=O) groups is 3. The predicted molar refractivity (Wildman–Crippen MR) is 90.1 cm³/mol. The van der Waals surface area contributed by atoms with Gasteiger partial charge in [-0.15, -0.1) is 0 Å². The first-order valence-electron chi connectivity index (χ1n) is 7.27. The first kappa shape index (κ1) is 17.7. The van der Waals surface area contributed by atoms with Crippen LogP contribution in [0.4, 0.5) is 0 Å². The summed E-state index contributed by atoms with van der Waals surface area (Å²) in [5.74, 6) is -1.06. The van der Waals surface area contributed by atoms with Crippen molar-refractivity contribution < 1.29 is 19.1 Å². The molecular formula is C18H16ClNO4. The van der Waals surface area contributed by atoms with Gasteiger partial charge in [-0.1, -0.05) is 41.9 Å². The second kappa shape index (κ2) is 8.26. The molecule has 2 aromatic carbocycles. The van der Waals surface area contributed by atoms with Crippen molar-refractivity contribution in [2.75, 3.05) is 6.61 Å². The molecule has 1 amide bonds. The van der Waals surface area contributed by atoms with E-state index in [4.69, 9.17) is 16.3 Å². The lowest BCUT2D eigenvalue weighted by molar-refractivity contribution is -0.124. The van der Waals surface area contributed by atoms with Crippen molar-refractivity contribution in [3.8, 4) is 0 Å². The van der Waals surface area contributed by atoms with Crippen LogP contribution in [0, 0.1) is 0 Å². The topological polar surface area (TPSA) is 72.5 Å². The van der Waals surface area contributed by atoms with E-state index in [1.54, 1.807) is 19.1 Å². The fraction of sp³-hybridized carbons (Fsp3) is 0.167. The van der Waals surface area contributed by atoms with Crippen molar-refractivity contribution in [3.63, 3.8) is 0 Å². The Kier molecular flexibility index (Phi) is 6.09. The zero-order valence-electron chi connectivity index (χ0n) is 13.0. The summed E-state index contributed by atoms with van der Waals surface area (Å²) in [6.45, 7) is 1.39. The summed E-state index contributed by atoms with van der Waals surface area (Å²) in [5.41, 5.74) is 1.51. The van der Waals surface area contributed by atoms with Gasteiger partial charge >= 0.3 is 5.97 Å². The average molecular weight is 346 g/mol. The van der Waals surface area contributed by atoms with E-state index in [9.17, 15) is 14.4 Å². The van der Waals surface area contributed by atoms with Gasteiger partial charge in [0.25, 0.3) is 5.91 Å². The molecule has 0 bridgehead atoms. The lowest BCUT2D eigenvalue weighted by Crippen LogP contribution is -2.31. The highest BCUT2D eigenvalue weighted by Crippen LogP contribution is 2.21. The van der Waals surface area contributed by atoms with E-state index in [1.807, 2.05) is 12.1 Å². The van der Waals surface area contributed by atoms with Gasteiger partial charge in [-0.25, -0.2) is 4.79 Å². The van der Waals surface area contributed by atoms with Crippen LogP contribution in [0.25, 0.3) is 0 Å². The molecule has 0 unspecified atom stereocenters. The highest BCUT2D eigenvalue weighted by atomic mass is 35.5. The second-order valence-corrected chi connectivity index (χ2v) is 5.53. The van der Waals surface area contributed by atoms with Gasteiger partial charge < -0.3 is 10.1 Å². The Balaban J connectivity index is 1.87. The van der Waals surface area contributed by atoms with Crippen molar-refractivity contribution in [2.24, 2.45) is 0 Å². The normalized spacial score (nSPS) is 11.4. The van der Waals surface area contributed by atoms with Crippen LogP contribution in [0.1, 0.15) is 39.2 Å². The molecule has 0 aromatic heterocycles. The van der Waals surface area contributed by atoms with Crippen LogP contribution < -0.4 is 5.32 Å². The SMILES string of the molecule is C[C@@H](NC(=O)COC(=O)c1ccc(C=O)cc1)c1ccccc1Cl. The Labute approximate surface area is 144 Å². The molecule has 124 valence electrons. The third-order valence-electron chi connectivity index (χ3n) is 3.37. The Morgan fingerprint density at radius 1 is 1.17 bits per heavy atom. The largest absolute Gasteiger partial charge is 0.452 e. The number of esters is 1. The first-order chi connectivity index (χ1) is 11.5. The van der Waals surface area contributed by atoms with Crippen LogP contribution in [0.2, 0.25) is 5.02 Å². The van der Waals surface area contributed by atoms with Crippen LogP contribution in [-0.2, 0) is 9.53 Å². The third-order valence-corrected chi connectivity index (χ3v) is 3.71. The van der Waals surface area contributed by atoms with Crippen LogP contribution >= 0.6 is 11.6 Å². The number of hydrogen-bond donors (Lipinski definition) is 1. The molecule has 24 heavy (non-hydrogen) atoms. The fourth-order valence-electron chi connectivity index (χ4n) is 2.10. The summed E-state index contributed by atoms with van der Waals surface area (Å²) in [6, 6.07) is 12.8. The number of rotatable bonds is 6. The minimum atomic E-state index is -0.631. The van der Waals surface area contributed by atoms with Crippen LogP contribution in [0.5, 0.6) is 0 Å². The Morgan fingerprint density at radius 2 is 1.83 bits per heavy atom. The van der Waals surface area contributed by atoms with Crippen LogP contribution in [0.3, 0.4) is 0 Å². The van der Waals surface area contributed by atoms with Crippen molar-refractivity contribution in [1.29, 1.82) is 0 Å². The van der Waals surface area contributed by atoms with E-state index in [0.29, 0.717) is 16.9 Å². The van der Waals surface area contributed by atoms with Gasteiger partial charge in [0.15, 0.2) is 6.61 Å². The molecule has 2 rings (SSSR count). The molecule has 2 aromatic rings. The lowest BCUT2D eigenvalue weighted by Gasteiger charge is -2.15. The average Bonchev–Trinajstić information content (AvgIpc) is 2.60. The molecule has 1 N–H and O–H groups in total. The molecule has 0 saturated heterocycles. The Hall–Kier alpha value is -2.66. The molecule has 0 radical (unpaired) electrons. The van der Waals surface area contributed by atoms with E-state index in [2.05, 4.69) is 5.32 Å². The van der Waals surface area contributed by atoms with Crippen molar-refractivity contribution in [3.05, 3.63) is 70.2 Å². The number of ether oxygens (including phenoxy) is 1. The maximum atomic E-state index is 11.9. The Morgan fingerprint density at radius 3 is 2.46 bits per heavy atom. The summed E-state index contributed by atoms with van der Waals surface area (Å²) in [5, 5.41) is 3.27. The molecule has 0 spiro atoms. The van der Waals surface area contributed by atoms with Gasteiger partial charge in [-0.2, -0.15) is 0 Å². The summed E-state index contributed by atoms with van der Waals surface area (Å²) in [4.78, 5) is 34.3. The van der Waals surface area contributed by atoms with Gasteiger partial charge in [0.05, 0.1) is 11.6 Å². The minimum Gasteiger partial charge on any atom is -0.452 e. The number of carbonyl (C=O) groups excluding carboxylic acids is 3. The molecule has 0 aliphatic rings. The molecule has 0 aliphatic carbocycles. The molecule has 0 heterocycles. The first-order valence-corrected chi connectivity index (χ1v) is 7.65. The van der Waals surface area contributed by atoms with E-state index >= 15 is 0 Å². The fourth-order valence-corrected chi connectivity index (χ4v) is 2.40. The molecule has 6 heteroatoms. The molecule has 0 saturated carbocycles. The van der Waals surface area contributed by atoms with Gasteiger partial charge in [-0.05, 0) is 30.7 Å². The van der Waals surface area contributed by atoms with Gasteiger partial charge in [0, 0.05) is 10.6 Å². The zero-order valence-corrected chi connectivity index (χ0v) is 13.7. The second-order valence-electron chi connectivity index (χ2n) is 5.13. The maximum absolute atomic E-state index is 11.9.